The third-order valence-corrected chi connectivity index (χ3v) is 10.0. The van der Waals surface area contributed by atoms with Gasteiger partial charge in [-0.2, -0.15) is 0 Å². The molecule has 4 heteroatoms. The summed E-state index contributed by atoms with van der Waals surface area (Å²) in [6, 6.07) is 1.44. The van der Waals surface area contributed by atoms with Gasteiger partial charge in [0.25, 0.3) is 0 Å². The molecular weight excluding hydrogens is 535 g/mol. The van der Waals surface area contributed by atoms with Crippen LogP contribution in [0.2, 0.25) is 0 Å². The summed E-state index contributed by atoms with van der Waals surface area (Å²) in [7, 11) is -0.793. The third-order valence-electron chi connectivity index (χ3n) is 1.05. The number of rotatable bonds is 3. The zero-order valence-electron chi connectivity index (χ0n) is 6.67. The summed E-state index contributed by atoms with van der Waals surface area (Å²) < 4.78 is 2.63. The monoisotopic (exact) mass is 549 g/mol. The van der Waals surface area contributed by atoms with Crippen molar-refractivity contribution in [3.8, 4) is 0 Å². The molecule has 0 heterocycles. The van der Waals surface area contributed by atoms with E-state index in [-0.39, 0.29) is 0 Å². The van der Waals surface area contributed by atoms with Gasteiger partial charge in [-0.3, -0.25) is 0 Å². The van der Waals surface area contributed by atoms with Crippen molar-refractivity contribution in [3.63, 3.8) is 0 Å². The van der Waals surface area contributed by atoms with Crippen LogP contribution in [0.15, 0.2) is 0 Å². The van der Waals surface area contributed by atoms with E-state index in [0.29, 0.717) is 0 Å². The molecule has 0 aromatic heterocycles. The van der Waals surface area contributed by atoms with E-state index in [2.05, 4.69) is 69.9 Å². The Bertz CT molecular complexity index is 76.7. The van der Waals surface area contributed by atoms with Crippen LogP contribution in [-0.4, -0.2) is 15.5 Å². The molecule has 0 saturated heterocycles. The summed E-state index contributed by atoms with van der Waals surface area (Å²) >= 11 is 5.21. The Morgan fingerprint density at radius 1 is 1.00 bits per heavy atom. The summed E-state index contributed by atoms with van der Waals surface area (Å²) in [5.74, 6) is 0. The molecule has 0 aromatic rings. The first-order valence-electron chi connectivity index (χ1n) is 3.21. The SMILES string of the molecule is CC(C)[N](C(C)C)[Pt]([I])[I]. The predicted molar refractivity (Wildman–Crippen MR) is 60.2 cm³/mol. The Balaban J connectivity index is 3.98. The van der Waals surface area contributed by atoms with Crippen molar-refractivity contribution in [2.75, 3.05) is 0 Å². The summed E-state index contributed by atoms with van der Waals surface area (Å²) in [4.78, 5) is 0. The molecule has 0 aromatic carbocycles. The van der Waals surface area contributed by atoms with Crippen molar-refractivity contribution in [2.24, 2.45) is 0 Å². The third kappa shape index (κ3) is 4.21. The molecule has 0 saturated carbocycles. The second kappa shape index (κ2) is 5.70. The van der Waals surface area contributed by atoms with Crippen LogP contribution in [-0.2, 0) is 10.2 Å². The van der Waals surface area contributed by atoms with Crippen LogP contribution in [0.4, 0.5) is 0 Å². The van der Waals surface area contributed by atoms with Gasteiger partial charge < -0.3 is 0 Å². The van der Waals surface area contributed by atoms with E-state index in [9.17, 15) is 0 Å². The van der Waals surface area contributed by atoms with Gasteiger partial charge in [-0.1, -0.05) is 0 Å². The fourth-order valence-corrected chi connectivity index (χ4v) is 14.2. The second-order valence-electron chi connectivity index (χ2n) is 2.65. The minimum atomic E-state index is -0.793. The molecule has 0 radical (unpaired) electrons. The van der Waals surface area contributed by atoms with Crippen LogP contribution in [0.3, 0.4) is 0 Å². The van der Waals surface area contributed by atoms with Gasteiger partial charge in [-0.25, -0.2) is 0 Å². The molecule has 10 heavy (non-hydrogen) atoms. The zero-order chi connectivity index (χ0) is 8.31. The molecule has 0 aliphatic heterocycles. The molecule has 0 aliphatic rings. The van der Waals surface area contributed by atoms with Crippen LogP contribution in [0, 0.1) is 0 Å². The van der Waals surface area contributed by atoms with E-state index < -0.39 is 10.2 Å². The van der Waals surface area contributed by atoms with Crippen LogP contribution >= 0.6 is 38.7 Å². The van der Waals surface area contributed by atoms with Crippen molar-refractivity contribution >= 4 is 38.7 Å². The van der Waals surface area contributed by atoms with Crippen LogP contribution in [0.1, 0.15) is 27.7 Å². The Hall–Kier alpha value is 2.11. The predicted octanol–water partition coefficient (Wildman–Crippen LogP) is 3.34. The minimum absolute atomic E-state index is 0.722. The van der Waals surface area contributed by atoms with Crippen molar-refractivity contribution in [3.05, 3.63) is 0 Å². The standard InChI is InChI=1S/C6H14N.2HI.Pt/c1-5(2)7-6(3)4;;;/h5-6H,1-4H3;2*1H;/q-1;;;+3/p-2. The fraction of sp³-hybridized carbons (Fsp3) is 1.00. The van der Waals surface area contributed by atoms with Gasteiger partial charge in [0.05, 0.1) is 0 Å². The Kier molecular flexibility index (Phi) is 6.90. The normalized spacial score (nSPS) is 13.5. The van der Waals surface area contributed by atoms with E-state index in [0.717, 1.165) is 12.1 Å². The van der Waals surface area contributed by atoms with Gasteiger partial charge in [0.1, 0.15) is 0 Å². The van der Waals surface area contributed by atoms with Crippen LogP contribution in [0.25, 0.3) is 0 Å². The van der Waals surface area contributed by atoms with Gasteiger partial charge in [0, 0.05) is 0 Å². The average Bonchev–Trinajstić information content (AvgIpc) is 1.59. The van der Waals surface area contributed by atoms with Gasteiger partial charge in [0.15, 0.2) is 0 Å². The number of hydrogen-bond donors (Lipinski definition) is 0. The van der Waals surface area contributed by atoms with Crippen molar-refractivity contribution in [1.29, 1.82) is 0 Å². The molecule has 0 fully saturated rings. The van der Waals surface area contributed by atoms with Crippen molar-refractivity contribution in [2.45, 2.75) is 39.8 Å². The van der Waals surface area contributed by atoms with E-state index in [1.165, 1.54) is 0 Å². The van der Waals surface area contributed by atoms with Crippen LogP contribution < -0.4 is 0 Å². The number of halogens is 2. The molecule has 0 bridgehead atoms. The first-order valence-corrected chi connectivity index (χ1v) is 17.1. The molecular formula is C6H14I2NPt. The Morgan fingerprint density at radius 3 is 1.30 bits per heavy atom. The topological polar surface area (TPSA) is 3.24 Å². The molecule has 0 rings (SSSR count). The van der Waals surface area contributed by atoms with Crippen molar-refractivity contribution < 1.29 is 10.2 Å². The maximum absolute atomic E-state index is 2.63. The summed E-state index contributed by atoms with van der Waals surface area (Å²) in [6.07, 6.45) is 0. The fourth-order valence-electron chi connectivity index (χ4n) is 0.843. The number of hydrogen-bond acceptors (Lipinski definition) is 1. The first kappa shape index (κ1) is 12.1. The zero-order valence-corrected chi connectivity index (χ0v) is 13.3. The second-order valence-corrected chi connectivity index (χ2v) is 26.2. The van der Waals surface area contributed by atoms with Gasteiger partial charge in [-0.15, -0.1) is 0 Å². The van der Waals surface area contributed by atoms with Crippen LogP contribution in [0.5, 0.6) is 0 Å². The molecule has 67 valence electrons. The Labute approximate surface area is 90.8 Å². The summed E-state index contributed by atoms with van der Waals surface area (Å²) in [5, 5.41) is 0. The molecule has 0 aliphatic carbocycles. The van der Waals surface area contributed by atoms with Gasteiger partial charge in [0.2, 0.25) is 0 Å². The first-order chi connectivity index (χ1) is 4.46. The quantitative estimate of drug-likeness (QED) is 0.489. The number of nitrogens with zero attached hydrogens (tertiary/aromatic N) is 1. The maximum atomic E-state index is 2.63. The van der Waals surface area contributed by atoms with E-state index >= 15 is 0 Å². The molecule has 0 N–H and O–H groups in total. The summed E-state index contributed by atoms with van der Waals surface area (Å²) in [6.45, 7) is 9.12. The average molecular weight is 549 g/mol. The van der Waals surface area contributed by atoms with E-state index in [1.807, 2.05) is 0 Å². The summed E-state index contributed by atoms with van der Waals surface area (Å²) in [5.41, 5.74) is 0. The molecule has 0 amide bonds. The molecule has 0 spiro atoms. The van der Waals surface area contributed by atoms with Crippen molar-refractivity contribution in [1.82, 2.24) is 3.46 Å². The van der Waals surface area contributed by atoms with E-state index in [1.54, 1.807) is 0 Å². The van der Waals surface area contributed by atoms with E-state index in [4.69, 9.17) is 0 Å². The van der Waals surface area contributed by atoms with Gasteiger partial charge >= 0.3 is 92.1 Å². The molecule has 1 nitrogen and oxygen atoms in total. The van der Waals surface area contributed by atoms with Gasteiger partial charge in [-0.05, 0) is 0 Å². The molecule has 0 atom stereocenters. The molecule has 0 unspecified atom stereocenters. The Morgan fingerprint density at radius 2 is 1.30 bits per heavy atom.